The lowest BCUT2D eigenvalue weighted by Crippen LogP contribution is -2.61. The Hall–Kier alpha value is -1.75. The maximum atomic E-state index is 12.6. The van der Waals surface area contributed by atoms with E-state index in [-0.39, 0.29) is 5.60 Å². The first-order valence-corrected chi connectivity index (χ1v) is 18.5. The number of nitrogens with one attached hydrogen (secondary N) is 1. The lowest BCUT2D eigenvalue weighted by molar-refractivity contribution is -0.271. The number of hydrogen-bond acceptors (Lipinski definition) is 7. The van der Waals surface area contributed by atoms with Gasteiger partial charge in [-0.1, -0.05) is 35.5 Å². The third-order valence-corrected chi connectivity index (χ3v) is 9.40. The van der Waals surface area contributed by atoms with Crippen LogP contribution in [0.5, 0.6) is 5.75 Å². The number of halogens is 1. The van der Waals surface area contributed by atoms with E-state index in [1.54, 1.807) is 11.8 Å². The van der Waals surface area contributed by atoms with Crippen molar-refractivity contribution in [2.45, 2.75) is 120 Å². The van der Waals surface area contributed by atoms with Crippen LogP contribution in [0.25, 0.3) is 0 Å². The van der Waals surface area contributed by atoms with Crippen LogP contribution in [0.15, 0.2) is 52.3 Å². The monoisotopic (exact) mass is 637 g/mol. The highest BCUT2D eigenvalue weighted by Gasteiger charge is 2.42. The Labute approximate surface area is 262 Å². The highest BCUT2D eigenvalue weighted by Crippen LogP contribution is 2.35. The first-order chi connectivity index (χ1) is 19.2. The van der Waals surface area contributed by atoms with Crippen molar-refractivity contribution in [3.05, 3.63) is 53.1 Å². The number of alkyl carbamates (subject to hydrolysis) is 1. The fourth-order valence-electron chi connectivity index (χ4n) is 4.70. The van der Waals surface area contributed by atoms with Crippen molar-refractivity contribution in [2.75, 3.05) is 13.2 Å². The second kappa shape index (κ2) is 13.5. The number of ether oxygens (including phenoxy) is 3. The summed E-state index contributed by atoms with van der Waals surface area (Å²) in [5.74, 6) is 0.108. The molecule has 1 N–H and O–H groups in total. The summed E-state index contributed by atoms with van der Waals surface area (Å²) < 4.78 is 29.9. The zero-order chi connectivity index (χ0) is 31.4. The zero-order valence-electron chi connectivity index (χ0n) is 26.8. The van der Waals surface area contributed by atoms with Gasteiger partial charge >= 0.3 is 14.7 Å². The minimum absolute atomic E-state index is 0.259. The normalized spacial score (nSPS) is 17.0. The Kier molecular flexibility index (Phi) is 11.2. The summed E-state index contributed by atoms with van der Waals surface area (Å²) in [7, 11) is -2.35. The van der Waals surface area contributed by atoms with Gasteiger partial charge in [-0.3, -0.25) is 0 Å². The summed E-state index contributed by atoms with van der Waals surface area (Å²) in [6, 6.07) is 14.2. The standard InChI is InChI=1S/C32H48ClNO6SSi/c1-29(2,3)38-28(35)34-32(21-36-31(7,8)37-22-32)18-12-13-23-16-17-26(20-27(23)33)41-25-15-11-14-24(19-25)39-42(9,10)40-30(4,5)6/h11,14-17,19-20H,12-13,18,21-22H2,1-10H3,(H,34,35). The van der Waals surface area contributed by atoms with E-state index >= 15 is 0 Å². The summed E-state index contributed by atoms with van der Waals surface area (Å²) in [5.41, 5.74) is -0.482. The summed E-state index contributed by atoms with van der Waals surface area (Å²) >= 11 is 8.37. The van der Waals surface area contributed by atoms with Gasteiger partial charge in [0.05, 0.1) is 24.4 Å². The van der Waals surface area contributed by atoms with Gasteiger partial charge in [0.2, 0.25) is 0 Å². The summed E-state index contributed by atoms with van der Waals surface area (Å²) in [4.78, 5) is 14.7. The quantitative estimate of drug-likeness (QED) is 0.261. The molecule has 7 nitrogen and oxygen atoms in total. The number of aryl methyl sites for hydroxylation is 1. The van der Waals surface area contributed by atoms with E-state index in [2.05, 4.69) is 36.6 Å². The molecule has 3 rings (SSSR count). The van der Waals surface area contributed by atoms with E-state index in [1.165, 1.54) is 0 Å². The fraction of sp³-hybridized carbons (Fsp3) is 0.594. The Morgan fingerprint density at radius 1 is 1.00 bits per heavy atom. The second-order valence-corrected chi connectivity index (χ2v) is 18.5. The van der Waals surface area contributed by atoms with Crippen molar-refractivity contribution in [1.29, 1.82) is 0 Å². The van der Waals surface area contributed by atoms with Crippen molar-refractivity contribution in [3.63, 3.8) is 0 Å². The van der Waals surface area contributed by atoms with Gasteiger partial charge in [-0.25, -0.2) is 4.79 Å². The Morgan fingerprint density at radius 2 is 1.64 bits per heavy atom. The van der Waals surface area contributed by atoms with Gasteiger partial charge < -0.3 is 28.4 Å². The van der Waals surface area contributed by atoms with E-state index in [0.717, 1.165) is 33.9 Å². The maximum Gasteiger partial charge on any atom is 0.408 e. The van der Waals surface area contributed by atoms with Gasteiger partial charge in [0.25, 0.3) is 0 Å². The number of hydrogen-bond donors (Lipinski definition) is 1. The highest BCUT2D eigenvalue weighted by atomic mass is 35.5. The molecule has 1 saturated heterocycles. The smallest absolute Gasteiger partial charge is 0.408 e. The molecule has 42 heavy (non-hydrogen) atoms. The van der Waals surface area contributed by atoms with E-state index in [1.807, 2.05) is 79.7 Å². The van der Waals surface area contributed by atoms with Crippen LogP contribution in [0.4, 0.5) is 4.79 Å². The molecule has 1 amide bonds. The molecule has 1 aliphatic heterocycles. The fourth-order valence-corrected chi connectivity index (χ4v) is 8.15. The average molecular weight is 638 g/mol. The van der Waals surface area contributed by atoms with Crippen LogP contribution in [-0.4, -0.2) is 50.4 Å². The molecule has 10 heteroatoms. The van der Waals surface area contributed by atoms with E-state index in [4.69, 9.17) is 34.7 Å². The molecule has 1 heterocycles. The van der Waals surface area contributed by atoms with Crippen LogP contribution in [0, 0.1) is 0 Å². The molecule has 0 bridgehead atoms. The topological polar surface area (TPSA) is 75.3 Å². The zero-order valence-corrected chi connectivity index (χ0v) is 29.4. The molecule has 1 fully saturated rings. The van der Waals surface area contributed by atoms with Crippen LogP contribution in [0.3, 0.4) is 0 Å². The number of carbonyl (C=O) groups is 1. The van der Waals surface area contributed by atoms with E-state index in [9.17, 15) is 4.79 Å². The highest BCUT2D eigenvalue weighted by molar-refractivity contribution is 7.99. The molecule has 0 atom stereocenters. The predicted octanol–water partition coefficient (Wildman–Crippen LogP) is 8.76. The summed E-state index contributed by atoms with van der Waals surface area (Å²) in [6.45, 7) is 20.2. The van der Waals surface area contributed by atoms with Crippen LogP contribution >= 0.6 is 23.4 Å². The van der Waals surface area contributed by atoms with Crippen LogP contribution < -0.4 is 9.74 Å². The number of benzene rings is 2. The number of carbonyl (C=O) groups excluding carboxylic acids is 1. The van der Waals surface area contributed by atoms with Crippen molar-refractivity contribution in [2.24, 2.45) is 0 Å². The van der Waals surface area contributed by atoms with Gasteiger partial charge in [0.15, 0.2) is 5.79 Å². The first kappa shape index (κ1) is 34.7. The van der Waals surface area contributed by atoms with Crippen molar-refractivity contribution in [1.82, 2.24) is 5.32 Å². The Morgan fingerprint density at radius 3 is 2.24 bits per heavy atom. The molecule has 0 unspecified atom stereocenters. The Balaban J connectivity index is 1.62. The van der Waals surface area contributed by atoms with Gasteiger partial charge in [0, 0.05) is 14.8 Å². The van der Waals surface area contributed by atoms with E-state index in [0.29, 0.717) is 24.7 Å². The van der Waals surface area contributed by atoms with Crippen LogP contribution in [-0.2, 0) is 25.1 Å². The molecule has 2 aromatic rings. The third kappa shape index (κ3) is 11.7. The SMILES string of the molecule is CC(C)(C)OC(=O)NC1(CCCc2ccc(Sc3cccc(O[Si](C)(C)OC(C)(C)C)c3)cc2Cl)COC(C)(C)OC1. The van der Waals surface area contributed by atoms with Crippen molar-refractivity contribution in [3.8, 4) is 5.75 Å². The maximum absolute atomic E-state index is 12.6. The lowest BCUT2D eigenvalue weighted by atomic mass is 9.92. The lowest BCUT2D eigenvalue weighted by Gasteiger charge is -2.44. The molecule has 0 radical (unpaired) electrons. The minimum Gasteiger partial charge on any atom is -0.520 e. The molecule has 0 saturated carbocycles. The van der Waals surface area contributed by atoms with Crippen molar-refractivity contribution >= 4 is 38.0 Å². The van der Waals surface area contributed by atoms with Crippen molar-refractivity contribution < 1.29 is 27.9 Å². The Bertz CT molecular complexity index is 1210. The van der Waals surface area contributed by atoms with Gasteiger partial charge in [-0.05, 0) is 124 Å². The molecule has 0 aliphatic carbocycles. The summed E-state index contributed by atoms with van der Waals surface area (Å²) in [6.07, 6.45) is 1.71. The third-order valence-electron chi connectivity index (χ3n) is 6.24. The molecule has 0 aromatic heterocycles. The van der Waals surface area contributed by atoms with Gasteiger partial charge in [-0.2, -0.15) is 0 Å². The summed E-state index contributed by atoms with van der Waals surface area (Å²) in [5, 5.41) is 3.74. The van der Waals surface area contributed by atoms with E-state index < -0.39 is 31.6 Å². The predicted molar refractivity (Wildman–Crippen MR) is 172 cm³/mol. The van der Waals surface area contributed by atoms with Crippen LogP contribution in [0.2, 0.25) is 18.1 Å². The number of rotatable bonds is 10. The molecule has 0 spiro atoms. The number of amides is 1. The van der Waals surface area contributed by atoms with Gasteiger partial charge in [0.1, 0.15) is 11.4 Å². The molecule has 2 aromatic carbocycles. The molecular weight excluding hydrogens is 590 g/mol. The average Bonchev–Trinajstić information content (AvgIpc) is 2.79. The molecule has 1 aliphatic rings. The minimum atomic E-state index is -2.35. The second-order valence-electron chi connectivity index (χ2n) is 13.8. The molecule has 234 valence electrons. The van der Waals surface area contributed by atoms with Crippen LogP contribution in [0.1, 0.15) is 73.8 Å². The first-order valence-electron chi connectivity index (χ1n) is 14.5. The largest absolute Gasteiger partial charge is 0.520 e. The molecular formula is C32H48ClNO6SSi. The van der Waals surface area contributed by atoms with Gasteiger partial charge in [-0.15, -0.1) is 0 Å².